The highest BCUT2D eigenvalue weighted by Crippen LogP contribution is 2.33. The first-order valence-corrected chi connectivity index (χ1v) is 22.0. The smallest absolute Gasteiger partial charge is 0.272 e. The molecular weight excluding hydrogens is 989 g/mol. The third-order valence-electron chi connectivity index (χ3n) is 8.06. The van der Waals surface area contributed by atoms with Gasteiger partial charge in [-0.1, -0.05) is 54.6 Å². The number of hydrazone groups is 1. The lowest BCUT2D eigenvalue weighted by molar-refractivity contribution is -0.130. The number of hydrogen-bond acceptors (Lipinski definition) is 13. The van der Waals surface area contributed by atoms with E-state index in [4.69, 9.17) is 24.4 Å². The minimum absolute atomic E-state index is 0.0162. The Morgan fingerprint density at radius 3 is 1.80 bits per heavy atom. The number of phenolic OH excluding ortho intramolecular Hbond substituents is 1. The second-order valence-corrected chi connectivity index (χ2v) is 17.4. The van der Waals surface area contributed by atoms with Gasteiger partial charge in [0.25, 0.3) is 11.8 Å². The normalized spacial score (nSPS) is 12.2. The highest BCUT2D eigenvalue weighted by atomic mass is 79.9. The van der Waals surface area contributed by atoms with Crippen LogP contribution in [0, 0.1) is 0 Å². The van der Waals surface area contributed by atoms with E-state index in [1.165, 1.54) is 37.5 Å². The summed E-state index contributed by atoms with van der Waals surface area (Å²) >= 11 is 16.7. The van der Waals surface area contributed by atoms with Gasteiger partial charge in [0.2, 0.25) is 0 Å². The molecule has 5 aromatic rings. The number of carbonyl (C=O) groups excluding carboxylic acids is 2. The highest BCUT2D eigenvalue weighted by molar-refractivity contribution is 9.11. The molecular formula is C37H30Br2N8O9S4-2. The number of carbonyl (C=O) groups is 2. The summed E-state index contributed by atoms with van der Waals surface area (Å²) < 4.78 is 73.8. The number of nitrogens with one attached hydrogen (secondary N) is 7. The number of halogens is 2. The molecule has 0 aliphatic rings. The van der Waals surface area contributed by atoms with Crippen molar-refractivity contribution in [1.82, 2.24) is 21.6 Å². The molecule has 312 valence electrons. The third-order valence-corrected chi connectivity index (χ3v) is 11.6. The molecule has 1 atom stereocenters. The van der Waals surface area contributed by atoms with Crippen molar-refractivity contribution in [3.8, 4) is 5.75 Å². The Hall–Kier alpha value is -5.53. The molecule has 0 aliphatic heterocycles. The molecule has 0 aromatic heterocycles. The summed E-state index contributed by atoms with van der Waals surface area (Å²) in [6.45, 7) is 0. The van der Waals surface area contributed by atoms with Crippen molar-refractivity contribution in [2.24, 2.45) is 5.10 Å². The Balaban J connectivity index is 1.31. The van der Waals surface area contributed by atoms with Crippen LogP contribution in [0.4, 0.5) is 17.1 Å². The van der Waals surface area contributed by atoms with Crippen LogP contribution in [0.3, 0.4) is 0 Å². The number of hydrazine groups is 1. The molecule has 2 amide bonds. The molecule has 0 spiro atoms. The summed E-state index contributed by atoms with van der Waals surface area (Å²) in [6, 6.07) is 21.4. The number of aromatic hydroxyl groups is 1. The number of phenols is 1. The molecule has 23 heteroatoms. The molecule has 0 fully saturated rings. The topological polar surface area (TPSA) is 265 Å². The van der Waals surface area contributed by atoms with Crippen molar-refractivity contribution in [3.63, 3.8) is 0 Å². The quantitative estimate of drug-likeness (QED) is 0.0206. The summed E-state index contributed by atoms with van der Waals surface area (Å²) in [7, 11) is -8.63. The number of fused-ring (bicyclic) bond motifs is 1. The lowest BCUT2D eigenvalue weighted by Crippen LogP contribution is -2.54. The number of hydrogen-bond donors (Lipinski definition) is 8. The van der Waals surface area contributed by atoms with E-state index in [9.17, 15) is 40.6 Å². The van der Waals surface area contributed by atoms with Crippen molar-refractivity contribution in [1.29, 1.82) is 0 Å². The van der Waals surface area contributed by atoms with E-state index >= 15 is 0 Å². The molecule has 5 rings (SSSR count). The van der Waals surface area contributed by atoms with Crippen molar-refractivity contribution < 1.29 is 40.6 Å². The van der Waals surface area contributed by atoms with Gasteiger partial charge in [0.15, 0.2) is 16.3 Å². The van der Waals surface area contributed by atoms with E-state index in [1.807, 2.05) is 24.3 Å². The van der Waals surface area contributed by atoms with Crippen LogP contribution in [0.2, 0.25) is 0 Å². The van der Waals surface area contributed by atoms with Crippen LogP contribution in [-0.2, 0) is 29.8 Å². The SMILES string of the molecule is CNC(=S)Nc1ccc(/C=C/c2ccc(NC(=S)NNC(=O)C(Nc3ccc4ccccc4c3)C(=O)N/N=C/c3cc(Br)c(O)c(Br)c3)cc2S(=O)(=O)[O-])c(S(=O)(=O)[O-])c1. The van der Waals surface area contributed by atoms with Crippen LogP contribution in [0.15, 0.2) is 115 Å². The first-order valence-electron chi connectivity index (χ1n) is 16.8. The standard InChI is InChI=1S/C37H32Br2N8O9S4/c1-40-36(57)43-26-12-9-22(30(17-26)59(51,52)53)6-7-23-10-13-27(18-31(23)60(54,55)56)44-37(58)47-46-35(50)32(42-25-11-8-21-4-2-3-5-24(21)16-25)34(49)45-41-19-20-14-28(38)33(48)29(39)15-20/h2-19,32,42,48H,1H3,(H,45,49)(H,46,50)(H2,40,43,57)(H2,44,47,58)(H,51,52,53)(H,54,55,56)/p-2/b7-6+,41-19+. The van der Waals surface area contributed by atoms with Gasteiger partial charge in [0.1, 0.15) is 26.0 Å². The van der Waals surface area contributed by atoms with Gasteiger partial charge in [-0.2, -0.15) is 5.10 Å². The number of rotatable bonds is 12. The van der Waals surface area contributed by atoms with Gasteiger partial charge < -0.3 is 35.5 Å². The molecule has 60 heavy (non-hydrogen) atoms. The Morgan fingerprint density at radius 2 is 1.25 bits per heavy atom. The lowest BCUT2D eigenvalue weighted by Gasteiger charge is -2.20. The summed E-state index contributed by atoms with van der Waals surface area (Å²) in [5.74, 6) is -1.84. The molecule has 8 N–H and O–H groups in total. The second kappa shape index (κ2) is 19.7. The molecule has 0 saturated carbocycles. The summed E-state index contributed by atoms with van der Waals surface area (Å²) in [4.78, 5) is 25.5. The first-order chi connectivity index (χ1) is 28.3. The van der Waals surface area contributed by atoms with Crippen LogP contribution in [0.5, 0.6) is 5.75 Å². The van der Waals surface area contributed by atoms with E-state index in [0.29, 0.717) is 20.2 Å². The fraction of sp³-hybridized carbons (Fsp3) is 0.0541. The largest absolute Gasteiger partial charge is 0.744 e. The minimum Gasteiger partial charge on any atom is -0.744 e. The maximum atomic E-state index is 13.5. The Labute approximate surface area is 370 Å². The van der Waals surface area contributed by atoms with Crippen LogP contribution >= 0.6 is 56.3 Å². The second-order valence-electron chi connectivity index (χ2n) is 12.2. The van der Waals surface area contributed by atoms with E-state index in [-0.39, 0.29) is 38.5 Å². The Morgan fingerprint density at radius 1 is 0.717 bits per heavy atom. The van der Waals surface area contributed by atoms with Crippen LogP contribution in [0.1, 0.15) is 16.7 Å². The predicted molar refractivity (Wildman–Crippen MR) is 241 cm³/mol. The van der Waals surface area contributed by atoms with Crippen LogP contribution in [-0.4, -0.2) is 72.4 Å². The maximum Gasteiger partial charge on any atom is 0.272 e. The van der Waals surface area contributed by atoms with Crippen molar-refractivity contribution in [2.45, 2.75) is 15.8 Å². The molecule has 0 saturated heterocycles. The van der Waals surface area contributed by atoms with Gasteiger partial charge in [0, 0.05) is 24.1 Å². The third kappa shape index (κ3) is 12.3. The van der Waals surface area contributed by atoms with E-state index in [2.05, 4.69) is 74.5 Å². The zero-order valence-corrected chi connectivity index (χ0v) is 37.0. The van der Waals surface area contributed by atoms with Crippen molar-refractivity contribution in [3.05, 3.63) is 117 Å². The fourth-order valence-corrected chi connectivity index (χ4v) is 8.15. The van der Waals surface area contributed by atoms with Gasteiger partial charge >= 0.3 is 0 Å². The summed E-state index contributed by atoms with van der Waals surface area (Å²) in [6.07, 6.45) is 3.58. The van der Waals surface area contributed by atoms with Crippen LogP contribution in [0.25, 0.3) is 22.9 Å². The van der Waals surface area contributed by atoms with Gasteiger partial charge in [0.05, 0.1) is 25.0 Å². The highest BCUT2D eigenvalue weighted by Gasteiger charge is 2.27. The molecule has 0 bridgehead atoms. The Bertz CT molecular complexity index is 2790. The van der Waals surface area contributed by atoms with E-state index in [0.717, 1.165) is 35.1 Å². The monoisotopic (exact) mass is 1020 g/mol. The zero-order chi connectivity index (χ0) is 43.8. The number of benzene rings is 5. The molecule has 5 aromatic carbocycles. The molecule has 0 radical (unpaired) electrons. The van der Waals surface area contributed by atoms with Gasteiger partial charge in [-0.05, 0) is 132 Å². The molecule has 17 nitrogen and oxygen atoms in total. The summed E-state index contributed by atoms with van der Waals surface area (Å²) in [5, 5.41) is 26.4. The van der Waals surface area contributed by atoms with Gasteiger partial charge in [-0.25, -0.2) is 22.3 Å². The minimum atomic E-state index is -5.15. The number of nitrogens with zero attached hydrogens (tertiary/aromatic N) is 1. The molecule has 1 unspecified atom stereocenters. The van der Waals surface area contributed by atoms with Crippen LogP contribution < -0.4 is 37.5 Å². The molecule has 0 aliphatic carbocycles. The maximum absolute atomic E-state index is 13.5. The lowest BCUT2D eigenvalue weighted by atomic mass is 10.1. The van der Waals surface area contributed by atoms with Gasteiger partial charge in [-0.15, -0.1) is 0 Å². The average molecular weight is 1020 g/mol. The van der Waals surface area contributed by atoms with Gasteiger partial charge in [-0.3, -0.25) is 20.4 Å². The first kappa shape index (κ1) is 45.6. The predicted octanol–water partition coefficient (Wildman–Crippen LogP) is 4.91. The molecule has 0 heterocycles. The zero-order valence-electron chi connectivity index (χ0n) is 30.5. The summed E-state index contributed by atoms with van der Waals surface area (Å²) in [5.41, 5.74) is 7.87. The number of anilines is 3. The van der Waals surface area contributed by atoms with Crippen molar-refractivity contribution in [2.75, 3.05) is 23.0 Å². The van der Waals surface area contributed by atoms with E-state index < -0.39 is 47.9 Å². The number of amides is 2. The van der Waals surface area contributed by atoms with Crippen molar-refractivity contribution >= 4 is 145 Å². The average Bonchev–Trinajstić information content (AvgIpc) is 3.19. The number of thiocarbonyl (C=S) groups is 2. The fourth-order valence-electron chi connectivity index (χ4n) is 5.25. The Kier molecular flexibility index (Phi) is 14.9. The van der Waals surface area contributed by atoms with E-state index in [1.54, 1.807) is 30.3 Å².